The monoisotopic (exact) mass is 322 g/mol. The molecule has 1 atom stereocenters. The van der Waals surface area contributed by atoms with E-state index in [1.807, 2.05) is 19.1 Å². The molecule has 0 saturated heterocycles. The number of carbonyl (C=O) groups is 2. The van der Waals surface area contributed by atoms with Crippen LogP contribution in [0.4, 0.5) is 4.79 Å². The second kappa shape index (κ2) is 10.6. The second-order valence-electron chi connectivity index (χ2n) is 5.46. The Kier molecular flexibility index (Phi) is 8.80. The van der Waals surface area contributed by atoms with Crippen LogP contribution in [-0.4, -0.2) is 31.9 Å². The molecule has 0 heterocycles. The van der Waals surface area contributed by atoms with E-state index in [4.69, 9.17) is 9.47 Å². The van der Waals surface area contributed by atoms with Crippen LogP contribution in [0, 0.1) is 0 Å². The van der Waals surface area contributed by atoms with Crippen LogP contribution in [0.3, 0.4) is 0 Å². The summed E-state index contributed by atoms with van der Waals surface area (Å²) in [6.07, 6.45) is 3.63. The Labute approximate surface area is 137 Å². The molecule has 1 aromatic rings. The quantitative estimate of drug-likeness (QED) is 0.505. The maximum absolute atomic E-state index is 12.0. The van der Waals surface area contributed by atoms with Gasteiger partial charge < -0.3 is 14.2 Å². The van der Waals surface area contributed by atoms with E-state index in [1.165, 1.54) is 12.7 Å². The van der Waals surface area contributed by atoms with Gasteiger partial charge in [-0.15, -0.1) is 0 Å². The van der Waals surface area contributed by atoms with E-state index in [2.05, 4.69) is 11.7 Å². The highest BCUT2D eigenvalue weighted by molar-refractivity contribution is 5.89. The van der Waals surface area contributed by atoms with Crippen molar-refractivity contribution in [1.29, 1.82) is 0 Å². The van der Waals surface area contributed by atoms with Gasteiger partial charge in [0.2, 0.25) is 0 Å². The molecular weight excluding hydrogens is 296 g/mol. The first-order valence-corrected chi connectivity index (χ1v) is 8.07. The first-order chi connectivity index (χ1) is 11.1. The fourth-order valence-electron chi connectivity index (χ4n) is 2.08. The molecule has 0 spiro atoms. The fraction of sp³-hybridized carbons (Fsp3) is 0.556. The van der Waals surface area contributed by atoms with E-state index in [9.17, 15) is 9.59 Å². The summed E-state index contributed by atoms with van der Waals surface area (Å²) in [5, 5.41) is 0. The summed E-state index contributed by atoms with van der Waals surface area (Å²) in [4.78, 5) is 22.8. The van der Waals surface area contributed by atoms with Crippen LogP contribution >= 0.6 is 0 Å². The summed E-state index contributed by atoms with van der Waals surface area (Å²) in [6.45, 7) is 4.23. The molecule has 5 heteroatoms. The van der Waals surface area contributed by atoms with Crippen LogP contribution in [0.15, 0.2) is 24.3 Å². The highest BCUT2D eigenvalue weighted by atomic mass is 16.7. The molecule has 1 aromatic carbocycles. The van der Waals surface area contributed by atoms with Crippen LogP contribution in [0.1, 0.15) is 55.5 Å². The van der Waals surface area contributed by atoms with E-state index in [1.54, 1.807) is 12.1 Å². The minimum absolute atomic E-state index is 0.233. The molecular formula is C18H26O5. The zero-order valence-corrected chi connectivity index (χ0v) is 14.2. The minimum atomic E-state index is -0.696. The number of ether oxygens (including phenoxy) is 3. The topological polar surface area (TPSA) is 61.8 Å². The summed E-state index contributed by atoms with van der Waals surface area (Å²) in [5.74, 6) is -0.326. The van der Waals surface area contributed by atoms with Gasteiger partial charge in [-0.05, 0) is 50.3 Å². The summed E-state index contributed by atoms with van der Waals surface area (Å²) in [6, 6.07) is 7.56. The Hall–Kier alpha value is -2.04. The lowest BCUT2D eigenvalue weighted by molar-refractivity contribution is 0.0287. The Balaban J connectivity index is 2.32. The molecule has 0 aromatic heterocycles. The Morgan fingerprint density at radius 3 is 2.43 bits per heavy atom. The average Bonchev–Trinajstić information content (AvgIpc) is 2.57. The summed E-state index contributed by atoms with van der Waals surface area (Å²) in [7, 11) is 1.26. The zero-order valence-electron chi connectivity index (χ0n) is 14.2. The van der Waals surface area contributed by atoms with Crippen molar-refractivity contribution in [3.63, 3.8) is 0 Å². The van der Waals surface area contributed by atoms with Crippen LogP contribution in [0.5, 0.6) is 0 Å². The van der Waals surface area contributed by atoms with E-state index >= 15 is 0 Å². The minimum Gasteiger partial charge on any atom is -0.459 e. The molecule has 0 aliphatic carbocycles. The van der Waals surface area contributed by atoms with E-state index in [0.29, 0.717) is 18.4 Å². The van der Waals surface area contributed by atoms with Gasteiger partial charge in [0.1, 0.15) is 0 Å². The van der Waals surface area contributed by atoms with Crippen LogP contribution in [0.25, 0.3) is 0 Å². The lowest BCUT2D eigenvalue weighted by Crippen LogP contribution is -2.16. The Bertz CT molecular complexity index is 481. The smallest absolute Gasteiger partial charge is 0.459 e. The predicted octanol–water partition coefficient (Wildman–Crippen LogP) is 4.14. The maximum atomic E-state index is 12.0. The van der Waals surface area contributed by atoms with Crippen molar-refractivity contribution in [3.05, 3.63) is 35.4 Å². The normalized spacial score (nSPS) is 11.6. The molecule has 0 amide bonds. The predicted molar refractivity (Wildman–Crippen MR) is 87.5 cm³/mol. The highest BCUT2D eigenvalue weighted by Crippen LogP contribution is 2.11. The number of hydrogen-bond donors (Lipinski definition) is 0. The molecule has 0 N–H and O–H groups in total. The Morgan fingerprint density at radius 2 is 1.83 bits per heavy atom. The summed E-state index contributed by atoms with van der Waals surface area (Å²) in [5.41, 5.74) is 1.79. The molecule has 0 fully saturated rings. The van der Waals surface area contributed by atoms with Gasteiger partial charge in [0, 0.05) is 0 Å². The number of aryl methyl sites for hydroxylation is 1. The van der Waals surface area contributed by atoms with Gasteiger partial charge in [-0.25, -0.2) is 9.59 Å². The van der Waals surface area contributed by atoms with Crippen molar-refractivity contribution in [1.82, 2.24) is 0 Å². The van der Waals surface area contributed by atoms with Crippen LogP contribution < -0.4 is 0 Å². The first kappa shape index (κ1) is 19.0. The average molecular weight is 322 g/mol. The number of rotatable bonds is 9. The summed E-state index contributed by atoms with van der Waals surface area (Å²) >= 11 is 0. The number of esters is 1. The van der Waals surface area contributed by atoms with E-state index in [0.717, 1.165) is 19.3 Å². The number of unbranched alkanes of at least 4 members (excludes halogenated alkanes) is 1. The number of carbonyl (C=O) groups excluding carboxylic acids is 2. The van der Waals surface area contributed by atoms with Crippen molar-refractivity contribution in [3.8, 4) is 0 Å². The number of hydrogen-bond acceptors (Lipinski definition) is 5. The number of methoxy groups -OCH3 is 1. The van der Waals surface area contributed by atoms with Crippen molar-refractivity contribution in [2.45, 2.75) is 52.1 Å². The molecule has 128 valence electrons. The summed E-state index contributed by atoms with van der Waals surface area (Å²) < 4.78 is 14.5. The number of benzene rings is 1. The SMILES string of the molecule is CCCCc1ccc(C(=O)OC(C)CCCOC(=O)OC)cc1. The third kappa shape index (κ3) is 7.68. The van der Waals surface area contributed by atoms with Gasteiger partial charge in [-0.1, -0.05) is 25.5 Å². The largest absolute Gasteiger partial charge is 0.507 e. The van der Waals surface area contributed by atoms with Gasteiger partial charge in [0.15, 0.2) is 0 Å². The molecule has 0 saturated carbocycles. The lowest BCUT2D eigenvalue weighted by Gasteiger charge is -2.13. The maximum Gasteiger partial charge on any atom is 0.507 e. The molecule has 0 bridgehead atoms. The van der Waals surface area contributed by atoms with Crippen molar-refractivity contribution in [2.75, 3.05) is 13.7 Å². The van der Waals surface area contributed by atoms with Gasteiger partial charge >= 0.3 is 12.1 Å². The third-order valence-electron chi connectivity index (χ3n) is 3.46. The molecule has 0 radical (unpaired) electrons. The zero-order chi connectivity index (χ0) is 17.1. The second-order valence-corrected chi connectivity index (χ2v) is 5.46. The fourth-order valence-corrected chi connectivity index (χ4v) is 2.08. The van der Waals surface area contributed by atoms with Crippen LogP contribution in [-0.2, 0) is 20.6 Å². The van der Waals surface area contributed by atoms with Crippen molar-refractivity contribution >= 4 is 12.1 Å². The van der Waals surface area contributed by atoms with Crippen molar-refractivity contribution < 1.29 is 23.8 Å². The van der Waals surface area contributed by atoms with Crippen molar-refractivity contribution in [2.24, 2.45) is 0 Å². The lowest BCUT2D eigenvalue weighted by atomic mass is 10.1. The van der Waals surface area contributed by atoms with E-state index < -0.39 is 6.16 Å². The van der Waals surface area contributed by atoms with E-state index in [-0.39, 0.29) is 18.7 Å². The Morgan fingerprint density at radius 1 is 1.13 bits per heavy atom. The van der Waals surface area contributed by atoms with Gasteiger partial charge in [0.25, 0.3) is 0 Å². The molecule has 0 aliphatic heterocycles. The third-order valence-corrected chi connectivity index (χ3v) is 3.46. The molecule has 1 rings (SSSR count). The van der Waals surface area contributed by atoms with Crippen LogP contribution in [0.2, 0.25) is 0 Å². The standard InChI is InChI=1S/C18H26O5/c1-4-5-8-15-9-11-16(12-10-15)17(19)23-14(2)7-6-13-22-18(20)21-3/h9-12,14H,4-8,13H2,1-3H3. The van der Waals surface area contributed by atoms with Gasteiger partial charge in [-0.3, -0.25) is 0 Å². The van der Waals surface area contributed by atoms with Gasteiger partial charge in [-0.2, -0.15) is 0 Å². The molecule has 1 unspecified atom stereocenters. The molecule has 0 aliphatic rings. The van der Waals surface area contributed by atoms with Gasteiger partial charge in [0.05, 0.1) is 25.4 Å². The highest BCUT2D eigenvalue weighted by Gasteiger charge is 2.12. The first-order valence-electron chi connectivity index (χ1n) is 8.07. The molecule has 5 nitrogen and oxygen atoms in total. The molecule has 23 heavy (non-hydrogen) atoms.